The fraction of sp³-hybridized carbons (Fsp3) is 0.188. The van der Waals surface area contributed by atoms with Crippen LogP contribution in [0.5, 0.6) is 0 Å². The number of benzene rings is 4. The molecule has 2 aliphatic carbocycles. The standard InChI is InChI=1S/C32H25F3/c33-32(34,35)25-14-10-23(11-15-25)27-16-13-24(20-21-6-2-1-3-7-21)28-18-19-29-26-9-5-4-8-22(26)12-17-30(29)31(27)28/h1-11,14-15,17-19,24H,12-13,16,20H2. The third-order valence-corrected chi connectivity index (χ3v) is 7.48. The van der Waals surface area contributed by atoms with Crippen molar-refractivity contribution < 1.29 is 13.2 Å². The summed E-state index contributed by atoms with van der Waals surface area (Å²) in [7, 11) is 0. The molecule has 0 aromatic heterocycles. The summed E-state index contributed by atoms with van der Waals surface area (Å²) in [4.78, 5) is 0. The van der Waals surface area contributed by atoms with E-state index in [1.807, 2.05) is 6.07 Å². The summed E-state index contributed by atoms with van der Waals surface area (Å²) in [6.07, 6.45) is 1.64. The van der Waals surface area contributed by atoms with E-state index in [9.17, 15) is 13.2 Å². The quantitative estimate of drug-likeness (QED) is 0.304. The smallest absolute Gasteiger partial charge is 0.166 e. The molecule has 0 amide bonds. The molecule has 174 valence electrons. The minimum absolute atomic E-state index is 0.376. The zero-order valence-corrected chi connectivity index (χ0v) is 19.3. The fourth-order valence-electron chi connectivity index (χ4n) is 5.79. The first-order valence-electron chi connectivity index (χ1n) is 12.1. The summed E-state index contributed by atoms with van der Waals surface area (Å²) < 4.78 is 39.6. The van der Waals surface area contributed by atoms with Gasteiger partial charge in [0, 0.05) is 0 Å². The Bertz CT molecular complexity index is 1510. The monoisotopic (exact) mass is 466 g/mol. The molecule has 0 bridgehead atoms. The van der Waals surface area contributed by atoms with Gasteiger partial charge in [-0.15, -0.1) is 0 Å². The van der Waals surface area contributed by atoms with Gasteiger partial charge in [-0.2, -0.15) is 13.2 Å². The fourth-order valence-corrected chi connectivity index (χ4v) is 5.79. The second-order valence-electron chi connectivity index (χ2n) is 9.54. The number of fused-ring (bicyclic) bond motifs is 5. The lowest BCUT2D eigenvalue weighted by Gasteiger charge is -2.28. The number of hydrogen-bond acceptors (Lipinski definition) is 0. The molecule has 0 aliphatic heterocycles. The molecule has 0 fully saturated rings. The van der Waals surface area contributed by atoms with Crippen molar-refractivity contribution in [2.45, 2.75) is 37.8 Å². The molecule has 35 heavy (non-hydrogen) atoms. The predicted molar refractivity (Wildman–Crippen MR) is 135 cm³/mol. The highest BCUT2D eigenvalue weighted by atomic mass is 19.4. The molecule has 0 heterocycles. The van der Waals surface area contributed by atoms with Crippen LogP contribution >= 0.6 is 0 Å². The van der Waals surface area contributed by atoms with Crippen LogP contribution in [0.4, 0.5) is 13.2 Å². The molecule has 6 rings (SSSR count). The normalized spacial score (nSPS) is 16.7. The minimum Gasteiger partial charge on any atom is -0.166 e. The molecule has 0 saturated carbocycles. The molecule has 0 N–H and O–H groups in total. The van der Waals surface area contributed by atoms with Crippen LogP contribution in [-0.2, 0) is 19.0 Å². The zero-order chi connectivity index (χ0) is 24.0. The second-order valence-corrected chi connectivity index (χ2v) is 9.54. The summed E-state index contributed by atoms with van der Waals surface area (Å²) in [5.41, 5.74) is 7.85. The summed E-state index contributed by atoms with van der Waals surface area (Å²) in [5, 5.41) is 2.46. The number of hydrogen-bond donors (Lipinski definition) is 0. The van der Waals surface area contributed by atoms with Crippen LogP contribution in [0.3, 0.4) is 0 Å². The van der Waals surface area contributed by atoms with Gasteiger partial charge in [0.1, 0.15) is 0 Å². The van der Waals surface area contributed by atoms with Crippen molar-refractivity contribution in [1.82, 2.24) is 0 Å². The van der Waals surface area contributed by atoms with Gasteiger partial charge in [-0.25, -0.2) is 0 Å². The van der Waals surface area contributed by atoms with Gasteiger partial charge < -0.3 is 0 Å². The van der Waals surface area contributed by atoms with E-state index >= 15 is 0 Å². The average Bonchev–Trinajstić information content (AvgIpc) is 2.88. The lowest BCUT2D eigenvalue weighted by Crippen LogP contribution is -2.38. The van der Waals surface area contributed by atoms with Crippen LogP contribution in [0.2, 0.25) is 0 Å². The molecule has 0 nitrogen and oxygen atoms in total. The Morgan fingerprint density at radius 1 is 0.743 bits per heavy atom. The lowest BCUT2D eigenvalue weighted by atomic mass is 9.76. The van der Waals surface area contributed by atoms with E-state index in [4.69, 9.17) is 0 Å². The SMILES string of the molecule is FC(F)(F)c1ccc(C2=c3c(ccc4c3=CCc3ccccc3-4)C(Cc3ccccc3)CC2)cc1. The molecule has 2 aliphatic rings. The second kappa shape index (κ2) is 8.57. The molecule has 0 spiro atoms. The van der Waals surface area contributed by atoms with Gasteiger partial charge in [-0.1, -0.05) is 84.9 Å². The first-order chi connectivity index (χ1) is 17.0. The Balaban J connectivity index is 1.57. The van der Waals surface area contributed by atoms with Crippen LogP contribution in [0, 0.1) is 0 Å². The van der Waals surface area contributed by atoms with Gasteiger partial charge in [0.05, 0.1) is 5.56 Å². The summed E-state index contributed by atoms with van der Waals surface area (Å²) in [6, 6.07) is 29.3. The van der Waals surface area contributed by atoms with Crippen molar-refractivity contribution in [2.75, 3.05) is 0 Å². The molecule has 0 radical (unpaired) electrons. The maximum absolute atomic E-state index is 13.2. The van der Waals surface area contributed by atoms with E-state index in [2.05, 4.69) is 66.7 Å². The van der Waals surface area contributed by atoms with Crippen molar-refractivity contribution >= 4 is 11.6 Å². The minimum atomic E-state index is -4.33. The van der Waals surface area contributed by atoms with Crippen molar-refractivity contribution in [2.24, 2.45) is 0 Å². The third kappa shape index (κ3) is 3.99. The van der Waals surface area contributed by atoms with Gasteiger partial charge in [0.15, 0.2) is 0 Å². The number of halogens is 3. The van der Waals surface area contributed by atoms with Crippen molar-refractivity contribution in [3.05, 3.63) is 129 Å². The summed E-state index contributed by atoms with van der Waals surface area (Å²) >= 11 is 0. The molecule has 1 atom stereocenters. The maximum Gasteiger partial charge on any atom is 0.416 e. The lowest BCUT2D eigenvalue weighted by molar-refractivity contribution is -0.137. The number of rotatable bonds is 3. The van der Waals surface area contributed by atoms with Crippen molar-refractivity contribution in [3.63, 3.8) is 0 Å². The van der Waals surface area contributed by atoms with Gasteiger partial charge in [0.2, 0.25) is 0 Å². The van der Waals surface area contributed by atoms with Crippen molar-refractivity contribution in [3.8, 4) is 11.1 Å². The first kappa shape index (κ1) is 21.9. The molecule has 4 aromatic rings. The molecule has 1 unspecified atom stereocenters. The summed E-state index contributed by atoms with van der Waals surface area (Å²) in [5.74, 6) is 0.376. The van der Waals surface area contributed by atoms with E-state index in [1.54, 1.807) is 12.1 Å². The van der Waals surface area contributed by atoms with E-state index < -0.39 is 11.7 Å². The van der Waals surface area contributed by atoms with Gasteiger partial charge >= 0.3 is 6.18 Å². The van der Waals surface area contributed by atoms with Crippen LogP contribution in [0.25, 0.3) is 22.8 Å². The Kier molecular flexibility index (Phi) is 5.36. The van der Waals surface area contributed by atoms with Gasteiger partial charge in [-0.3, -0.25) is 0 Å². The largest absolute Gasteiger partial charge is 0.416 e. The first-order valence-corrected chi connectivity index (χ1v) is 12.1. The van der Waals surface area contributed by atoms with Crippen molar-refractivity contribution in [1.29, 1.82) is 0 Å². The van der Waals surface area contributed by atoms with Crippen LogP contribution < -0.4 is 10.4 Å². The Morgan fingerprint density at radius 2 is 1.49 bits per heavy atom. The molecule has 4 aromatic carbocycles. The molecular formula is C32H25F3. The van der Waals surface area contributed by atoms with E-state index in [0.29, 0.717) is 5.92 Å². The summed E-state index contributed by atoms with van der Waals surface area (Å²) in [6.45, 7) is 0. The molecule has 0 saturated heterocycles. The highest BCUT2D eigenvalue weighted by molar-refractivity contribution is 5.77. The molecular weight excluding hydrogens is 441 g/mol. The Labute approximate surface area is 203 Å². The Morgan fingerprint density at radius 3 is 2.26 bits per heavy atom. The van der Waals surface area contributed by atoms with Gasteiger partial charge in [-0.05, 0) is 93.1 Å². The molecule has 3 heteroatoms. The Hall–Kier alpha value is -3.59. The van der Waals surface area contributed by atoms with Gasteiger partial charge in [0.25, 0.3) is 0 Å². The number of alkyl halides is 3. The van der Waals surface area contributed by atoms with Crippen LogP contribution in [0.1, 0.15) is 46.6 Å². The average molecular weight is 467 g/mol. The highest BCUT2D eigenvalue weighted by Gasteiger charge is 2.30. The van der Waals surface area contributed by atoms with Crippen LogP contribution in [0.15, 0.2) is 91.0 Å². The third-order valence-electron chi connectivity index (χ3n) is 7.48. The van der Waals surface area contributed by atoms with E-state index in [0.717, 1.165) is 36.8 Å². The topological polar surface area (TPSA) is 0 Å². The van der Waals surface area contributed by atoms with E-state index in [-0.39, 0.29) is 0 Å². The maximum atomic E-state index is 13.2. The van der Waals surface area contributed by atoms with Crippen LogP contribution in [-0.4, -0.2) is 0 Å². The zero-order valence-electron chi connectivity index (χ0n) is 19.3. The predicted octanol–water partition coefficient (Wildman–Crippen LogP) is 7.03. The highest BCUT2D eigenvalue weighted by Crippen LogP contribution is 2.35. The van der Waals surface area contributed by atoms with E-state index in [1.165, 1.54) is 50.4 Å².